The van der Waals surface area contributed by atoms with Gasteiger partial charge in [0.05, 0.1) is 4.48 Å². The Hall–Kier alpha value is -1.77. The average Bonchev–Trinajstić information content (AvgIpc) is 2.20. The molecule has 0 spiro atoms. The molecule has 0 saturated carbocycles. The molecule has 0 aliphatic heterocycles. The summed E-state index contributed by atoms with van der Waals surface area (Å²) in [6.07, 6.45) is 6.17. The molecule has 2 heterocycles. The average molecular weight is 175 g/mol. The molecule has 0 N–H and O–H groups in total. The number of aromatic nitrogens is 2. The van der Waals surface area contributed by atoms with E-state index < -0.39 is 0 Å². The van der Waals surface area contributed by atoms with Gasteiger partial charge in [-0.1, -0.05) is 0 Å². The van der Waals surface area contributed by atoms with E-state index in [0.717, 1.165) is 11.1 Å². The summed E-state index contributed by atoms with van der Waals surface area (Å²) >= 11 is 0. The van der Waals surface area contributed by atoms with E-state index in [1.807, 2.05) is 12.1 Å². The van der Waals surface area contributed by atoms with Crippen LogP contribution in [0.2, 0.25) is 0 Å². The number of hydrogen-bond donors (Lipinski definition) is 0. The number of pyridine rings is 2. The van der Waals surface area contributed by atoms with Gasteiger partial charge in [-0.25, -0.2) is 0 Å². The van der Waals surface area contributed by atoms with Crippen LogP contribution >= 0.6 is 0 Å². The maximum Gasteiger partial charge on any atom is 0.219 e. The third-order valence-corrected chi connectivity index (χ3v) is 1.81. The van der Waals surface area contributed by atoms with Gasteiger partial charge >= 0.3 is 0 Å². The van der Waals surface area contributed by atoms with Crippen molar-refractivity contribution in [2.24, 2.45) is 0 Å². The molecule has 0 radical (unpaired) electrons. The highest BCUT2D eigenvalue weighted by Crippen LogP contribution is 2.15. The van der Waals surface area contributed by atoms with Gasteiger partial charge in [-0.15, -0.1) is 0 Å². The topological polar surface area (TPSA) is 16.8 Å². The second kappa shape index (κ2) is 3.31. The van der Waals surface area contributed by atoms with E-state index >= 15 is 0 Å². The number of rotatable bonds is 1. The molecule has 0 unspecified atom stereocenters. The summed E-state index contributed by atoms with van der Waals surface area (Å²) in [6, 6.07) is 7.21. The highest BCUT2D eigenvalue weighted by molar-refractivity contribution is 5.61. The van der Waals surface area contributed by atoms with E-state index in [-0.39, 0.29) is 0 Å². The van der Waals surface area contributed by atoms with E-state index in [1.165, 1.54) is 12.4 Å². The Labute approximate surface area is 75.2 Å². The lowest BCUT2D eigenvalue weighted by Crippen LogP contribution is -2.19. The van der Waals surface area contributed by atoms with Crippen LogP contribution in [0.3, 0.4) is 0 Å². The van der Waals surface area contributed by atoms with Crippen LogP contribution in [0.15, 0.2) is 49.1 Å². The van der Waals surface area contributed by atoms with Gasteiger partial charge in [0.15, 0.2) is 0 Å². The highest BCUT2D eigenvalue weighted by atomic mass is 19.2. The quantitative estimate of drug-likeness (QED) is 0.645. The van der Waals surface area contributed by atoms with Crippen LogP contribution in [0.25, 0.3) is 11.1 Å². The molecule has 3 heteroatoms. The number of halogens is 1. The molecule has 0 amide bonds. The van der Waals surface area contributed by atoms with Crippen molar-refractivity contribution in [3.8, 4) is 11.1 Å². The minimum absolute atomic E-state index is 0.519. The molecule has 2 nitrogen and oxygen atoms in total. The minimum Gasteiger partial charge on any atom is -0.265 e. The molecular weight excluding hydrogens is 167 g/mol. The fraction of sp³-hybridized carbons (Fsp3) is 0. The second-order valence-electron chi connectivity index (χ2n) is 2.67. The molecule has 0 aliphatic carbocycles. The van der Waals surface area contributed by atoms with Gasteiger partial charge in [-0.05, 0) is 23.3 Å². The van der Waals surface area contributed by atoms with Crippen molar-refractivity contribution < 1.29 is 9.27 Å². The Bertz CT molecular complexity index is 383. The van der Waals surface area contributed by atoms with Crippen molar-refractivity contribution in [2.45, 2.75) is 0 Å². The monoisotopic (exact) mass is 175 g/mol. The first-order valence-corrected chi connectivity index (χ1v) is 3.94. The van der Waals surface area contributed by atoms with Crippen LogP contribution in [-0.4, -0.2) is 4.98 Å². The summed E-state index contributed by atoms with van der Waals surface area (Å²) in [6.45, 7) is 0. The zero-order valence-electron chi connectivity index (χ0n) is 6.89. The molecule has 64 valence electrons. The van der Waals surface area contributed by atoms with Gasteiger partial charge in [0.25, 0.3) is 0 Å². The largest absolute Gasteiger partial charge is 0.265 e. The van der Waals surface area contributed by atoms with Gasteiger partial charge in [0.2, 0.25) is 12.4 Å². The van der Waals surface area contributed by atoms with E-state index in [0.29, 0.717) is 4.79 Å². The van der Waals surface area contributed by atoms with Crippen molar-refractivity contribution in [1.29, 1.82) is 0 Å². The van der Waals surface area contributed by atoms with Crippen LogP contribution in [0.5, 0.6) is 0 Å². The van der Waals surface area contributed by atoms with E-state index in [4.69, 9.17) is 0 Å². The standard InChI is InChI=1S/C10H8FN2/c11-13-7-3-10(4-8-13)9-1-5-12-6-2-9/h1-8H/q+1. The van der Waals surface area contributed by atoms with E-state index in [9.17, 15) is 4.48 Å². The molecule has 2 rings (SSSR count). The zero-order valence-corrected chi connectivity index (χ0v) is 6.89. The lowest BCUT2D eigenvalue weighted by Gasteiger charge is -1.96. The Balaban J connectivity index is 2.42. The van der Waals surface area contributed by atoms with Crippen LogP contribution in [0, 0.1) is 0 Å². The second-order valence-corrected chi connectivity index (χ2v) is 2.67. The van der Waals surface area contributed by atoms with Crippen molar-refractivity contribution in [3.05, 3.63) is 49.1 Å². The first-order valence-electron chi connectivity index (χ1n) is 3.94. The summed E-state index contributed by atoms with van der Waals surface area (Å²) in [5.74, 6) is 0. The van der Waals surface area contributed by atoms with Crippen LogP contribution in [0.4, 0.5) is 4.48 Å². The fourth-order valence-corrected chi connectivity index (χ4v) is 1.15. The Kier molecular flexibility index (Phi) is 2.00. The lowest BCUT2D eigenvalue weighted by atomic mass is 10.1. The minimum atomic E-state index is 0.519. The maximum atomic E-state index is 12.5. The predicted molar refractivity (Wildman–Crippen MR) is 46.4 cm³/mol. The Morgan fingerprint density at radius 3 is 2.08 bits per heavy atom. The molecule has 0 aromatic carbocycles. The molecule has 2 aromatic rings. The van der Waals surface area contributed by atoms with Gasteiger partial charge in [-0.2, -0.15) is 0 Å². The van der Waals surface area contributed by atoms with Gasteiger partial charge in [0.1, 0.15) is 0 Å². The number of hydrogen-bond acceptors (Lipinski definition) is 1. The van der Waals surface area contributed by atoms with Crippen LogP contribution in [0.1, 0.15) is 0 Å². The predicted octanol–water partition coefficient (Wildman–Crippen LogP) is 1.77. The third-order valence-electron chi connectivity index (χ3n) is 1.81. The molecule has 0 fully saturated rings. The zero-order chi connectivity index (χ0) is 9.10. The summed E-state index contributed by atoms with van der Waals surface area (Å²) in [5.41, 5.74) is 2.02. The van der Waals surface area contributed by atoms with Crippen molar-refractivity contribution in [1.82, 2.24) is 4.98 Å². The van der Waals surface area contributed by atoms with Crippen LogP contribution in [-0.2, 0) is 0 Å². The fourth-order valence-electron chi connectivity index (χ4n) is 1.15. The molecule has 0 aliphatic rings. The smallest absolute Gasteiger partial charge is 0.219 e. The first kappa shape index (κ1) is 7.86. The molecule has 0 saturated heterocycles. The molecular formula is C10H8FN2+. The molecule has 0 bridgehead atoms. The summed E-state index contributed by atoms with van der Waals surface area (Å²) in [5, 5.41) is 0. The number of nitrogens with zero attached hydrogens (tertiary/aromatic N) is 2. The van der Waals surface area contributed by atoms with Crippen molar-refractivity contribution in [2.75, 3.05) is 0 Å². The summed E-state index contributed by atoms with van der Waals surface area (Å²) < 4.78 is 12.5. The molecule has 0 atom stereocenters. The molecule has 2 aromatic heterocycles. The lowest BCUT2D eigenvalue weighted by molar-refractivity contribution is -0.843. The van der Waals surface area contributed by atoms with Crippen LogP contribution < -0.4 is 4.79 Å². The van der Waals surface area contributed by atoms with Gasteiger partial charge < -0.3 is 0 Å². The first-order chi connectivity index (χ1) is 6.36. The maximum absolute atomic E-state index is 12.5. The highest BCUT2D eigenvalue weighted by Gasteiger charge is 2.00. The van der Waals surface area contributed by atoms with E-state index in [1.54, 1.807) is 24.5 Å². The van der Waals surface area contributed by atoms with Crippen molar-refractivity contribution in [3.63, 3.8) is 0 Å². The normalized spacial score (nSPS) is 9.92. The van der Waals surface area contributed by atoms with E-state index in [2.05, 4.69) is 4.98 Å². The van der Waals surface area contributed by atoms with Gasteiger partial charge in [-0.3, -0.25) is 4.98 Å². The SMILES string of the molecule is F[n+]1ccc(-c2ccncc2)cc1. The van der Waals surface area contributed by atoms with Crippen molar-refractivity contribution >= 4 is 0 Å². The Morgan fingerprint density at radius 1 is 0.923 bits per heavy atom. The summed E-state index contributed by atoms with van der Waals surface area (Å²) in [7, 11) is 0. The molecule has 13 heavy (non-hydrogen) atoms. The third kappa shape index (κ3) is 1.69. The Morgan fingerprint density at radius 2 is 1.46 bits per heavy atom. The van der Waals surface area contributed by atoms with Gasteiger partial charge in [0, 0.05) is 29.3 Å². The summed E-state index contributed by atoms with van der Waals surface area (Å²) in [4.78, 5) is 4.43.